The van der Waals surface area contributed by atoms with Crippen LogP contribution in [0, 0.1) is 11.3 Å². The maximum atomic E-state index is 12.2. The van der Waals surface area contributed by atoms with Gasteiger partial charge in [-0.25, -0.2) is 9.59 Å². The van der Waals surface area contributed by atoms with E-state index in [1.54, 1.807) is 20.8 Å². The van der Waals surface area contributed by atoms with Crippen LogP contribution in [0.5, 0.6) is 0 Å². The first kappa shape index (κ1) is 15.8. The molecule has 0 bridgehead atoms. The Hall–Kier alpha value is -1.30. The number of hydrogen-bond acceptors (Lipinski definition) is 3. The van der Waals surface area contributed by atoms with Crippen LogP contribution in [-0.2, 0) is 4.79 Å². The molecule has 6 nitrogen and oxygen atoms in total. The van der Waals surface area contributed by atoms with Gasteiger partial charge in [-0.2, -0.15) is 0 Å². The lowest BCUT2D eigenvalue weighted by atomic mass is 9.87. The third kappa shape index (κ3) is 3.59. The summed E-state index contributed by atoms with van der Waals surface area (Å²) in [6.07, 6.45) is 0.825. The molecular weight excluding hydrogens is 248 g/mol. The summed E-state index contributed by atoms with van der Waals surface area (Å²) >= 11 is 0. The van der Waals surface area contributed by atoms with Crippen LogP contribution in [0.1, 0.15) is 34.1 Å². The largest absolute Gasteiger partial charge is 0.480 e. The molecule has 0 radical (unpaired) electrons. The monoisotopic (exact) mass is 272 g/mol. The summed E-state index contributed by atoms with van der Waals surface area (Å²) in [6, 6.07) is -1.59. The van der Waals surface area contributed by atoms with Crippen LogP contribution in [0.15, 0.2) is 0 Å². The number of carbonyl (C=O) groups is 2. The smallest absolute Gasteiger partial charge is 0.326 e. The van der Waals surface area contributed by atoms with Crippen LogP contribution >= 0.6 is 0 Å². The molecular formula is C13H24N2O4. The molecule has 6 heteroatoms. The highest BCUT2D eigenvalue weighted by Gasteiger charge is 2.38. The molecule has 0 aromatic carbocycles. The molecule has 3 N–H and O–H groups in total. The van der Waals surface area contributed by atoms with Gasteiger partial charge < -0.3 is 20.4 Å². The van der Waals surface area contributed by atoms with E-state index >= 15 is 0 Å². The van der Waals surface area contributed by atoms with Crippen LogP contribution in [0.25, 0.3) is 0 Å². The first-order chi connectivity index (χ1) is 8.68. The van der Waals surface area contributed by atoms with Crippen LogP contribution < -0.4 is 5.32 Å². The van der Waals surface area contributed by atoms with Crippen molar-refractivity contribution in [3.8, 4) is 0 Å². The fraction of sp³-hybridized carbons (Fsp3) is 0.846. The number of urea groups is 1. The van der Waals surface area contributed by atoms with E-state index in [4.69, 9.17) is 0 Å². The number of nitrogens with zero attached hydrogens (tertiary/aromatic N) is 1. The van der Waals surface area contributed by atoms with Gasteiger partial charge in [0.05, 0.1) is 12.6 Å². The number of rotatable bonds is 3. The minimum Gasteiger partial charge on any atom is -0.480 e. The molecule has 1 aliphatic rings. The van der Waals surface area contributed by atoms with Crippen molar-refractivity contribution in [2.24, 2.45) is 11.3 Å². The van der Waals surface area contributed by atoms with Crippen LogP contribution in [0.4, 0.5) is 4.79 Å². The minimum absolute atomic E-state index is 0.0954. The van der Waals surface area contributed by atoms with Crippen molar-refractivity contribution < 1.29 is 19.8 Å². The van der Waals surface area contributed by atoms with Gasteiger partial charge >= 0.3 is 12.0 Å². The highest BCUT2D eigenvalue weighted by molar-refractivity contribution is 5.83. The lowest BCUT2D eigenvalue weighted by molar-refractivity contribution is -0.142. The molecule has 0 aromatic heterocycles. The number of amides is 2. The van der Waals surface area contributed by atoms with Crippen LogP contribution in [-0.4, -0.2) is 52.3 Å². The number of aliphatic carboxylic acids is 1. The van der Waals surface area contributed by atoms with Gasteiger partial charge in [0.15, 0.2) is 0 Å². The number of carboxylic acids is 1. The van der Waals surface area contributed by atoms with Gasteiger partial charge in [0.1, 0.15) is 6.04 Å². The molecule has 0 spiro atoms. The molecule has 0 saturated carbocycles. The van der Waals surface area contributed by atoms with E-state index in [0.29, 0.717) is 6.54 Å². The number of aliphatic hydroxyl groups is 1. The van der Waals surface area contributed by atoms with Gasteiger partial charge in [-0.05, 0) is 17.8 Å². The van der Waals surface area contributed by atoms with Crippen molar-refractivity contribution in [3.63, 3.8) is 0 Å². The van der Waals surface area contributed by atoms with Crippen molar-refractivity contribution >= 4 is 12.0 Å². The molecule has 110 valence electrons. The minimum atomic E-state index is -1.05. The molecule has 0 aliphatic carbocycles. The molecule has 1 rings (SSSR count). The molecule has 1 saturated heterocycles. The van der Waals surface area contributed by atoms with Crippen LogP contribution in [0.3, 0.4) is 0 Å². The van der Waals surface area contributed by atoms with E-state index in [0.717, 1.165) is 6.42 Å². The molecule has 0 aromatic rings. The molecule has 19 heavy (non-hydrogen) atoms. The Bertz CT molecular complexity index is 351. The van der Waals surface area contributed by atoms with E-state index in [2.05, 4.69) is 5.32 Å². The van der Waals surface area contributed by atoms with Gasteiger partial charge in [0.2, 0.25) is 0 Å². The average molecular weight is 272 g/mol. The maximum Gasteiger partial charge on any atom is 0.326 e. The van der Waals surface area contributed by atoms with E-state index in [9.17, 15) is 19.8 Å². The second kappa shape index (κ2) is 5.77. The second-order valence-corrected chi connectivity index (χ2v) is 6.30. The predicted octanol–water partition coefficient (Wildman–Crippen LogP) is 0.898. The van der Waals surface area contributed by atoms with E-state index in [1.807, 2.05) is 6.92 Å². The van der Waals surface area contributed by atoms with Crippen molar-refractivity contribution in [1.82, 2.24) is 10.2 Å². The Kier molecular flexibility index (Phi) is 4.79. The summed E-state index contributed by atoms with van der Waals surface area (Å²) in [5.74, 6) is -0.817. The molecule has 3 unspecified atom stereocenters. The highest BCUT2D eigenvalue weighted by Crippen LogP contribution is 2.25. The molecule has 1 aliphatic heterocycles. The number of carboxylic acid groups (broad SMARTS) is 1. The van der Waals surface area contributed by atoms with Gasteiger partial charge in [0, 0.05) is 6.54 Å². The maximum absolute atomic E-state index is 12.2. The summed E-state index contributed by atoms with van der Waals surface area (Å²) in [4.78, 5) is 24.9. The Labute approximate surface area is 113 Å². The average Bonchev–Trinajstić information content (AvgIpc) is 2.64. The zero-order chi connectivity index (χ0) is 14.8. The van der Waals surface area contributed by atoms with E-state index in [-0.39, 0.29) is 18.6 Å². The SMILES string of the molecule is CC1CCN(C(=O)NC(C(=O)O)C(C)(C)C)C1CO. The summed E-state index contributed by atoms with van der Waals surface area (Å²) in [5, 5.41) is 21.1. The number of likely N-dealkylation sites (tertiary alicyclic amines) is 1. The first-order valence-electron chi connectivity index (χ1n) is 6.59. The Morgan fingerprint density at radius 1 is 1.42 bits per heavy atom. The fourth-order valence-corrected chi connectivity index (χ4v) is 2.39. The third-order valence-electron chi connectivity index (χ3n) is 3.71. The molecule has 2 amide bonds. The Morgan fingerprint density at radius 3 is 2.42 bits per heavy atom. The zero-order valence-corrected chi connectivity index (χ0v) is 12.0. The third-order valence-corrected chi connectivity index (χ3v) is 3.71. The highest BCUT2D eigenvalue weighted by atomic mass is 16.4. The number of carbonyl (C=O) groups excluding carboxylic acids is 1. The van der Waals surface area contributed by atoms with Crippen molar-refractivity contribution in [1.29, 1.82) is 0 Å². The quantitative estimate of drug-likeness (QED) is 0.712. The number of aliphatic hydroxyl groups excluding tert-OH is 1. The first-order valence-corrected chi connectivity index (χ1v) is 6.59. The van der Waals surface area contributed by atoms with Crippen molar-refractivity contribution in [2.45, 2.75) is 46.2 Å². The van der Waals surface area contributed by atoms with E-state index < -0.39 is 23.5 Å². The van der Waals surface area contributed by atoms with Crippen molar-refractivity contribution in [2.75, 3.05) is 13.2 Å². The topological polar surface area (TPSA) is 89.9 Å². The number of nitrogens with one attached hydrogen (secondary N) is 1. The number of hydrogen-bond donors (Lipinski definition) is 3. The van der Waals surface area contributed by atoms with Gasteiger partial charge in [-0.1, -0.05) is 27.7 Å². The van der Waals surface area contributed by atoms with Gasteiger partial charge in [-0.3, -0.25) is 0 Å². The predicted molar refractivity (Wildman–Crippen MR) is 70.8 cm³/mol. The van der Waals surface area contributed by atoms with Crippen LogP contribution in [0.2, 0.25) is 0 Å². The molecule has 3 atom stereocenters. The zero-order valence-electron chi connectivity index (χ0n) is 12.0. The lowest BCUT2D eigenvalue weighted by Crippen LogP contribution is -2.55. The summed E-state index contributed by atoms with van der Waals surface area (Å²) < 4.78 is 0. The standard InChI is InChI=1S/C13H24N2O4/c1-8-5-6-15(9(8)7-16)12(19)14-10(11(17)18)13(2,3)4/h8-10,16H,5-7H2,1-4H3,(H,14,19)(H,17,18). The molecule has 1 fully saturated rings. The Balaban J connectivity index is 2.76. The summed E-state index contributed by atoms with van der Waals surface area (Å²) in [6.45, 7) is 7.73. The lowest BCUT2D eigenvalue weighted by Gasteiger charge is -2.32. The van der Waals surface area contributed by atoms with E-state index in [1.165, 1.54) is 4.90 Å². The summed E-state index contributed by atoms with van der Waals surface area (Å²) in [7, 11) is 0. The summed E-state index contributed by atoms with van der Waals surface area (Å²) in [5.41, 5.74) is -0.568. The molecule has 1 heterocycles. The fourth-order valence-electron chi connectivity index (χ4n) is 2.39. The van der Waals surface area contributed by atoms with Gasteiger partial charge in [-0.15, -0.1) is 0 Å². The van der Waals surface area contributed by atoms with Gasteiger partial charge in [0.25, 0.3) is 0 Å². The van der Waals surface area contributed by atoms with Crippen molar-refractivity contribution in [3.05, 3.63) is 0 Å². The normalized spacial score (nSPS) is 25.2. The second-order valence-electron chi connectivity index (χ2n) is 6.30. The Morgan fingerprint density at radius 2 is 2.00 bits per heavy atom.